The highest BCUT2D eigenvalue weighted by molar-refractivity contribution is 7.94. The molecule has 6 heterocycles. The highest BCUT2D eigenvalue weighted by atomic mass is 32.2. The van der Waals surface area contributed by atoms with Crippen LogP contribution in [0, 0.1) is 0 Å². The third kappa shape index (κ3) is 8.00. The van der Waals surface area contributed by atoms with E-state index in [1.54, 1.807) is 9.13 Å². The van der Waals surface area contributed by atoms with E-state index in [4.69, 9.17) is 39.5 Å². The molecule has 4 aromatic rings. The highest BCUT2D eigenvalue weighted by Gasteiger charge is 2.46. The number of sulfonamides is 1. The lowest BCUT2D eigenvalue weighted by Crippen LogP contribution is -2.35. The molecule has 20 nitrogen and oxygen atoms in total. The minimum atomic E-state index is -4.61. The SMILES string of the molecule is CC(C)OC[C@H]1OC(n2cnc3c(N)ncnc32)C[C@H]1OP(=O)(NS(C)(=O)=O)OC[C@H]1OC(n2cnc3c(N)ncnc32)C[C@H]1OC(C)C. The predicted molar refractivity (Wildman–Crippen MR) is 174 cm³/mol. The van der Waals surface area contributed by atoms with Crippen LogP contribution in [0.2, 0.25) is 0 Å². The molecule has 22 heteroatoms. The summed E-state index contributed by atoms with van der Waals surface area (Å²) in [5.74, 6) is 0.412. The van der Waals surface area contributed by atoms with E-state index in [-0.39, 0.29) is 43.5 Å². The van der Waals surface area contributed by atoms with Crippen molar-refractivity contribution in [3.8, 4) is 0 Å². The van der Waals surface area contributed by atoms with Gasteiger partial charge < -0.3 is 30.4 Å². The van der Waals surface area contributed by atoms with E-state index in [2.05, 4.69) is 34.4 Å². The Morgan fingerprint density at radius 1 is 0.857 bits per heavy atom. The second kappa shape index (κ2) is 14.1. The van der Waals surface area contributed by atoms with E-state index >= 15 is 0 Å². The molecule has 6 rings (SSSR count). The van der Waals surface area contributed by atoms with E-state index in [1.807, 2.05) is 27.7 Å². The van der Waals surface area contributed by atoms with E-state index in [1.165, 1.54) is 25.3 Å². The van der Waals surface area contributed by atoms with Crippen molar-refractivity contribution in [2.75, 3.05) is 30.9 Å². The van der Waals surface area contributed by atoms with Crippen LogP contribution < -0.4 is 16.0 Å². The van der Waals surface area contributed by atoms with Crippen LogP contribution in [0.1, 0.15) is 53.0 Å². The highest BCUT2D eigenvalue weighted by Crippen LogP contribution is 2.50. The van der Waals surface area contributed by atoms with E-state index < -0.39 is 54.6 Å². The Morgan fingerprint density at radius 2 is 1.39 bits per heavy atom. The number of nitrogens with zero attached hydrogens (tertiary/aromatic N) is 8. The molecule has 0 aromatic carbocycles. The summed E-state index contributed by atoms with van der Waals surface area (Å²) in [5, 5.41) is 0. The van der Waals surface area contributed by atoms with Crippen molar-refractivity contribution in [3.05, 3.63) is 25.3 Å². The van der Waals surface area contributed by atoms with Gasteiger partial charge in [-0.1, -0.05) is 0 Å². The van der Waals surface area contributed by atoms with Crippen LogP contribution in [0.25, 0.3) is 22.3 Å². The molecule has 268 valence electrons. The molecule has 49 heavy (non-hydrogen) atoms. The fraction of sp³-hybridized carbons (Fsp3) is 0.630. The number of hydrogen-bond donors (Lipinski definition) is 3. The normalized spacial score (nSPS) is 26.0. The van der Waals surface area contributed by atoms with Gasteiger partial charge in [0.25, 0.3) is 0 Å². The molecule has 2 aliphatic heterocycles. The van der Waals surface area contributed by atoms with Crippen molar-refractivity contribution in [2.45, 2.75) is 89.6 Å². The number of nitrogens with two attached hydrogens (primary N) is 2. The van der Waals surface area contributed by atoms with Gasteiger partial charge in [0.1, 0.15) is 54.5 Å². The summed E-state index contributed by atoms with van der Waals surface area (Å²) in [6.45, 7) is 7.12. The summed E-state index contributed by atoms with van der Waals surface area (Å²) in [6, 6.07) is 0. The maximum absolute atomic E-state index is 14.3. The van der Waals surface area contributed by atoms with Gasteiger partial charge in [0, 0.05) is 12.8 Å². The number of aromatic nitrogens is 8. The van der Waals surface area contributed by atoms with E-state index in [0.29, 0.717) is 28.7 Å². The lowest BCUT2D eigenvalue weighted by Gasteiger charge is -2.27. The molecular weight excluding hydrogens is 685 g/mol. The fourth-order valence-electron chi connectivity index (χ4n) is 5.73. The molecule has 2 fully saturated rings. The molecule has 0 spiro atoms. The Labute approximate surface area is 281 Å². The fourth-order valence-corrected chi connectivity index (χ4v) is 8.72. The van der Waals surface area contributed by atoms with Gasteiger partial charge in [0.15, 0.2) is 22.9 Å². The van der Waals surface area contributed by atoms with E-state index in [0.717, 1.165) is 6.26 Å². The number of nitrogen functional groups attached to an aromatic ring is 2. The molecule has 0 radical (unpaired) electrons. The van der Waals surface area contributed by atoms with Crippen molar-refractivity contribution >= 4 is 51.7 Å². The molecule has 0 aliphatic carbocycles. The number of ether oxygens (including phenoxy) is 4. The number of hydrogen-bond acceptors (Lipinski definition) is 17. The Balaban J connectivity index is 1.23. The third-order valence-electron chi connectivity index (χ3n) is 7.76. The zero-order valence-electron chi connectivity index (χ0n) is 27.5. The Kier molecular flexibility index (Phi) is 10.2. The van der Waals surface area contributed by atoms with Gasteiger partial charge >= 0.3 is 7.75 Å². The van der Waals surface area contributed by atoms with Gasteiger partial charge in [-0.2, -0.15) is 0 Å². The molecular formula is C27H40N11O9PS. The van der Waals surface area contributed by atoms with Gasteiger partial charge in [-0.3, -0.25) is 18.2 Å². The Hall–Kier alpha value is -3.40. The predicted octanol–water partition coefficient (Wildman–Crippen LogP) is 1.68. The average molecular weight is 726 g/mol. The minimum absolute atomic E-state index is 0.0477. The monoisotopic (exact) mass is 725 g/mol. The molecule has 5 N–H and O–H groups in total. The lowest BCUT2D eigenvalue weighted by atomic mass is 10.2. The van der Waals surface area contributed by atoms with Crippen LogP contribution in [0.5, 0.6) is 0 Å². The number of rotatable bonds is 14. The maximum Gasteiger partial charge on any atom is 0.419 e. The molecule has 4 aromatic heterocycles. The average Bonchev–Trinajstić information content (AvgIpc) is 3.79. The van der Waals surface area contributed by atoms with Gasteiger partial charge in [-0.05, 0) is 27.7 Å². The zero-order valence-corrected chi connectivity index (χ0v) is 29.2. The van der Waals surface area contributed by atoms with Crippen molar-refractivity contribution in [1.29, 1.82) is 0 Å². The molecule has 0 saturated carbocycles. The van der Waals surface area contributed by atoms with Crippen LogP contribution >= 0.6 is 7.75 Å². The zero-order chi connectivity index (χ0) is 35.1. The maximum atomic E-state index is 14.3. The van der Waals surface area contributed by atoms with Gasteiger partial charge in [0.05, 0.1) is 50.4 Å². The quantitative estimate of drug-likeness (QED) is 0.156. The molecule has 0 amide bonds. The van der Waals surface area contributed by atoms with Crippen LogP contribution in [0.3, 0.4) is 0 Å². The molecule has 2 aliphatic rings. The first-order valence-corrected chi connectivity index (χ1v) is 19.0. The second-order valence-electron chi connectivity index (χ2n) is 12.3. The van der Waals surface area contributed by atoms with E-state index in [9.17, 15) is 13.0 Å². The standard InChI is InChI=1S/C27H40N11O9PS/c1-14(2)42-8-18-17(7-21(45-18)38-13-35-23-25(29)31-11-33-27(23)38)47-48(39,36-49(5,40)41)43-9-19-16(44-15(3)4)6-20(46-19)37-12-34-22-24(28)30-10-32-26(22)37/h10-21H,6-9H2,1-5H3,(H,36,39)(H2,28,30,32)(H2,29,31,33)/t16-,17-,18-,19-,20?,21?,48?/m1/s1. The summed E-state index contributed by atoms with van der Waals surface area (Å²) in [5.41, 5.74) is 13.6. The Morgan fingerprint density at radius 3 is 1.90 bits per heavy atom. The Bertz CT molecular complexity index is 1940. The number of imidazole rings is 2. The summed E-state index contributed by atoms with van der Waals surface area (Å²) >= 11 is 0. The number of fused-ring (bicyclic) bond motifs is 2. The smallest absolute Gasteiger partial charge is 0.382 e. The summed E-state index contributed by atoms with van der Waals surface area (Å²) < 4.78 is 81.1. The summed E-state index contributed by atoms with van der Waals surface area (Å²) in [4.78, 5) is 25.1. The first-order valence-electron chi connectivity index (χ1n) is 15.6. The second-order valence-corrected chi connectivity index (χ2v) is 16.0. The first kappa shape index (κ1) is 35.4. The van der Waals surface area contributed by atoms with Crippen molar-refractivity contribution in [2.24, 2.45) is 0 Å². The third-order valence-corrected chi connectivity index (χ3v) is 11.0. The van der Waals surface area contributed by atoms with Gasteiger partial charge in [-0.25, -0.2) is 42.9 Å². The van der Waals surface area contributed by atoms with Crippen molar-refractivity contribution in [3.63, 3.8) is 0 Å². The summed E-state index contributed by atoms with van der Waals surface area (Å²) in [7, 11) is -8.71. The minimum Gasteiger partial charge on any atom is -0.382 e. The summed E-state index contributed by atoms with van der Waals surface area (Å²) in [6.07, 6.45) is 2.24. The number of nitrogens with one attached hydrogen (secondary N) is 1. The van der Waals surface area contributed by atoms with Gasteiger partial charge in [0.2, 0.25) is 10.0 Å². The molecule has 3 unspecified atom stereocenters. The first-order chi connectivity index (χ1) is 23.2. The number of anilines is 2. The van der Waals surface area contributed by atoms with Crippen molar-refractivity contribution < 1.29 is 41.0 Å². The van der Waals surface area contributed by atoms with Crippen LogP contribution in [0.4, 0.5) is 11.6 Å². The van der Waals surface area contributed by atoms with Gasteiger partial charge in [-0.15, -0.1) is 4.49 Å². The topological polar surface area (TPSA) is 258 Å². The largest absolute Gasteiger partial charge is 0.419 e. The van der Waals surface area contributed by atoms with Crippen LogP contribution in [-0.2, 0) is 42.6 Å². The molecule has 0 bridgehead atoms. The van der Waals surface area contributed by atoms with Crippen LogP contribution in [0.15, 0.2) is 25.3 Å². The molecule has 7 atom stereocenters. The van der Waals surface area contributed by atoms with Crippen molar-refractivity contribution in [1.82, 2.24) is 43.5 Å². The van der Waals surface area contributed by atoms with Crippen LogP contribution in [-0.4, -0.2) is 104 Å². The lowest BCUT2D eigenvalue weighted by molar-refractivity contribution is -0.0786. The molecule has 2 saturated heterocycles.